The molecule has 0 saturated carbocycles. The molecule has 5 heteroatoms. The smallest absolute Gasteiger partial charge is 0.144 e. The Morgan fingerprint density at radius 2 is 2.25 bits per heavy atom. The average molecular weight is 278 g/mol. The van der Waals surface area contributed by atoms with E-state index in [1.807, 2.05) is 13.0 Å². The first-order valence-corrected chi connectivity index (χ1v) is 7.63. The molecule has 0 aliphatic carbocycles. The number of hydrogen-bond donors (Lipinski definition) is 1. The van der Waals surface area contributed by atoms with Crippen LogP contribution in [0.15, 0.2) is 6.07 Å². The van der Waals surface area contributed by atoms with Crippen molar-refractivity contribution in [3.05, 3.63) is 17.6 Å². The van der Waals surface area contributed by atoms with Crippen molar-refractivity contribution in [2.75, 3.05) is 31.6 Å². The number of aryl methyl sites for hydroxylation is 1. The molecule has 5 nitrogen and oxygen atoms in total. The predicted molar refractivity (Wildman–Crippen MR) is 80.9 cm³/mol. The summed E-state index contributed by atoms with van der Waals surface area (Å²) in [6.07, 6.45) is 2.75. The van der Waals surface area contributed by atoms with Gasteiger partial charge in [0.1, 0.15) is 11.6 Å². The van der Waals surface area contributed by atoms with Crippen LogP contribution in [0.25, 0.3) is 0 Å². The highest BCUT2D eigenvalue weighted by atomic mass is 16.5. The lowest BCUT2D eigenvalue weighted by molar-refractivity contribution is 0.0716. The molecule has 20 heavy (non-hydrogen) atoms. The van der Waals surface area contributed by atoms with Gasteiger partial charge in [0.25, 0.3) is 0 Å². The Kier molecular flexibility index (Phi) is 5.73. The molecule has 0 bridgehead atoms. The molecule has 1 aliphatic rings. The largest absolute Gasteiger partial charge is 0.377 e. The number of aromatic nitrogens is 2. The molecule has 1 aromatic rings. The summed E-state index contributed by atoms with van der Waals surface area (Å²) in [6, 6.07) is 1.99. The fraction of sp³-hybridized carbons (Fsp3) is 0.733. The molecule has 1 fully saturated rings. The number of nitrogens with one attached hydrogen (secondary N) is 1. The molecule has 112 valence electrons. The van der Waals surface area contributed by atoms with Crippen LogP contribution in [-0.2, 0) is 11.3 Å². The van der Waals surface area contributed by atoms with Crippen molar-refractivity contribution < 1.29 is 4.74 Å². The number of rotatable bonds is 7. The lowest BCUT2D eigenvalue weighted by Crippen LogP contribution is -2.32. The Labute approximate surface area is 121 Å². The average Bonchev–Trinajstić information content (AvgIpc) is 2.90. The zero-order valence-electron chi connectivity index (χ0n) is 12.9. The van der Waals surface area contributed by atoms with Crippen molar-refractivity contribution in [3.8, 4) is 0 Å². The first-order valence-electron chi connectivity index (χ1n) is 7.63. The molecule has 1 N–H and O–H groups in total. The van der Waals surface area contributed by atoms with Crippen molar-refractivity contribution in [1.29, 1.82) is 0 Å². The molecular weight excluding hydrogens is 252 g/mol. The Bertz CT molecular complexity index is 418. The van der Waals surface area contributed by atoms with Crippen LogP contribution in [0.4, 0.5) is 5.82 Å². The number of hydrogen-bond acceptors (Lipinski definition) is 5. The summed E-state index contributed by atoms with van der Waals surface area (Å²) in [4.78, 5) is 11.5. The summed E-state index contributed by atoms with van der Waals surface area (Å²) < 4.78 is 5.71. The summed E-state index contributed by atoms with van der Waals surface area (Å²) >= 11 is 0. The first kappa shape index (κ1) is 15.2. The van der Waals surface area contributed by atoms with Crippen LogP contribution in [0.1, 0.15) is 38.2 Å². The van der Waals surface area contributed by atoms with Crippen molar-refractivity contribution in [2.24, 2.45) is 0 Å². The van der Waals surface area contributed by atoms with Crippen LogP contribution in [-0.4, -0.2) is 47.2 Å². The third kappa shape index (κ3) is 4.42. The molecular formula is C15H26N4O. The second-order valence-electron chi connectivity index (χ2n) is 5.30. The summed E-state index contributed by atoms with van der Waals surface area (Å²) in [5.41, 5.74) is 1.01. The van der Waals surface area contributed by atoms with Crippen molar-refractivity contribution in [2.45, 2.75) is 46.3 Å². The summed E-state index contributed by atoms with van der Waals surface area (Å²) in [6.45, 7) is 10.8. The van der Waals surface area contributed by atoms with Gasteiger partial charge in [-0.2, -0.15) is 0 Å². The van der Waals surface area contributed by atoms with E-state index < -0.39 is 0 Å². The Morgan fingerprint density at radius 3 is 2.90 bits per heavy atom. The molecule has 1 atom stereocenters. The first-order chi connectivity index (χ1) is 9.71. The van der Waals surface area contributed by atoms with E-state index >= 15 is 0 Å². The topological polar surface area (TPSA) is 50.3 Å². The molecule has 0 radical (unpaired) electrons. The Hall–Kier alpha value is -1.20. The third-order valence-electron chi connectivity index (χ3n) is 3.56. The molecule has 2 heterocycles. The van der Waals surface area contributed by atoms with Crippen LogP contribution in [0, 0.1) is 6.92 Å². The van der Waals surface area contributed by atoms with E-state index in [0.29, 0.717) is 6.10 Å². The highest BCUT2D eigenvalue weighted by molar-refractivity contribution is 5.35. The lowest BCUT2D eigenvalue weighted by atomic mass is 10.2. The molecule has 1 saturated heterocycles. The van der Waals surface area contributed by atoms with Gasteiger partial charge in [0.05, 0.1) is 12.6 Å². The fourth-order valence-corrected chi connectivity index (χ4v) is 2.55. The molecule has 0 aromatic carbocycles. The number of ether oxygens (including phenoxy) is 1. The second kappa shape index (κ2) is 7.55. The van der Waals surface area contributed by atoms with Crippen LogP contribution < -0.4 is 5.32 Å². The van der Waals surface area contributed by atoms with Gasteiger partial charge in [-0.15, -0.1) is 0 Å². The number of anilines is 1. The Balaban J connectivity index is 1.98. The minimum atomic E-state index is 0.382. The highest BCUT2D eigenvalue weighted by Crippen LogP contribution is 2.15. The van der Waals surface area contributed by atoms with Crippen LogP contribution >= 0.6 is 0 Å². The standard InChI is InChI=1S/C15H26N4O/c1-4-16-14-9-12(3)17-15(18-14)11-19(5-2)10-13-7-6-8-20-13/h9,13H,4-8,10-11H2,1-3H3,(H,16,17,18). The molecule has 0 spiro atoms. The van der Waals surface area contributed by atoms with Crippen molar-refractivity contribution in [3.63, 3.8) is 0 Å². The monoisotopic (exact) mass is 278 g/mol. The van der Waals surface area contributed by atoms with Gasteiger partial charge >= 0.3 is 0 Å². The fourth-order valence-electron chi connectivity index (χ4n) is 2.55. The van der Waals surface area contributed by atoms with Crippen LogP contribution in [0.3, 0.4) is 0 Å². The molecule has 1 aliphatic heterocycles. The quantitative estimate of drug-likeness (QED) is 0.829. The molecule has 1 aromatic heterocycles. The van der Waals surface area contributed by atoms with E-state index in [0.717, 1.165) is 50.1 Å². The summed E-state index contributed by atoms with van der Waals surface area (Å²) in [5.74, 6) is 1.81. The van der Waals surface area contributed by atoms with Gasteiger partial charge in [0.2, 0.25) is 0 Å². The summed E-state index contributed by atoms with van der Waals surface area (Å²) in [7, 11) is 0. The third-order valence-corrected chi connectivity index (χ3v) is 3.56. The molecule has 2 rings (SSSR count). The zero-order valence-corrected chi connectivity index (χ0v) is 12.9. The molecule has 1 unspecified atom stereocenters. The van der Waals surface area contributed by atoms with Crippen LogP contribution in [0.5, 0.6) is 0 Å². The predicted octanol–water partition coefficient (Wildman–Crippen LogP) is 2.22. The van der Waals surface area contributed by atoms with E-state index in [-0.39, 0.29) is 0 Å². The SMILES string of the molecule is CCNc1cc(C)nc(CN(CC)CC2CCCO2)n1. The van der Waals surface area contributed by atoms with E-state index in [1.165, 1.54) is 12.8 Å². The van der Waals surface area contributed by atoms with Crippen molar-refractivity contribution in [1.82, 2.24) is 14.9 Å². The minimum absolute atomic E-state index is 0.382. The van der Waals surface area contributed by atoms with Gasteiger partial charge in [-0.1, -0.05) is 6.92 Å². The van der Waals surface area contributed by atoms with E-state index in [4.69, 9.17) is 4.74 Å². The van der Waals surface area contributed by atoms with Gasteiger partial charge in [0, 0.05) is 31.5 Å². The van der Waals surface area contributed by atoms with E-state index in [9.17, 15) is 0 Å². The van der Waals surface area contributed by atoms with Gasteiger partial charge in [-0.3, -0.25) is 4.90 Å². The second-order valence-corrected chi connectivity index (χ2v) is 5.30. The zero-order chi connectivity index (χ0) is 14.4. The van der Waals surface area contributed by atoms with E-state index in [1.54, 1.807) is 0 Å². The van der Waals surface area contributed by atoms with E-state index in [2.05, 4.69) is 34.0 Å². The normalized spacial score (nSPS) is 18.7. The van der Waals surface area contributed by atoms with Gasteiger partial charge in [0.15, 0.2) is 0 Å². The molecule has 0 amide bonds. The van der Waals surface area contributed by atoms with Gasteiger partial charge in [-0.25, -0.2) is 9.97 Å². The maximum atomic E-state index is 5.71. The number of nitrogens with zero attached hydrogens (tertiary/aromatic N) is 3. The Morgan fingerprint density at radius 1 is 1.40 bits per heavy atom. The number of likely N-dealkylation sites (N-methyl/N-ethyl adjacent to an activating group) is 1. The van der Waals surface area contributed by atoms with Crippen LogP contribution in [0.2, 0.25) is 0 Å². The van der Waals surface area contributed by atoms with Gasteiger partial charge in [-0.05, 0) is 33.2 Å². The maximum absolute atomic E-state index is 5.71. The van der Waals surface area contributed by atoms with Crippen molar-refractivity contribution >= 4 is 5.82 Å². The maximum Gasteiger partial charge on any atom is 0.144 e. The lowest BCUT2D eigenvalue weighted by Gasteiger charge is -2.23. The van der Waals surface area contributed by atoms with Gasteiger partial charge < -0.3 is 10.1 Å². The highest BCUT2D eigenvalue weighted by Gasteiger charge is 2.19. The minimum Gasteiger partial charge on any atom is -0.377 e. The summed E-state index contributed by atoms with van der Waals surface area (Å²) in [5, 5.41) is 3.26.